The maximum absolute atomic E-state index is 5.71. The molecule has 1 saturated heterocycles. The normalized spacial score (nSPS) is 20.1. The summed E-state index contributed by atoms with van der Waals surface area (Å²) in [6, 6.07) is 9.77. The highest BCUT2D eigenvalue weighted by Gasteiger charge is 2.21. The van der Waals surface area contributed by atoms with Gasteiger partial charge < -0.3 is 14.9 Å². The molecule has 0 spiro atoms. The molecule has 1 fully saturated rings. The van der Waals surface area contributed by atoms with Crippen LogP contribution in [0.5, 0.6) is 0 Å². The predicted molar refractivity (Wildman–Crippen MR) is 73.8 cm³/mol. The first kappa shape index (κ1) is 13.2. The van der Waals surface area contributed by atoms with Gasteiger partial charge in [-0.2, -0.15) is 0 Å². The van der Waals surface area contributed by atoms with E-state index in [0.717, 1.165) is 18.7 Å². The van der Waals surface area contributed by atoms with Crippen molar-refractivity contribution in [1.82, 2.24) is 15.1 Å². The second-order valence-electron chi connectivity index (χ2n) is 4.83. The van der Waals surface area contributed by atoms with Crippen LogP contribution in [-0.2, 0) is 11.3 Å². The van der Waals surface area contributed by atoms with Gasteiger partial charge in [-0.25, -0.2) is 0 Å². The van der Waals surface area contributed by atoms with Crippen LogP contribution in [0.4, 0.5) is 0 Å². The largest absolute Gasteiger partial charge is 0.419 e. The zero-order valence-corrected chi connectivity index (χ0v) is 11.2. The predicted octanol–water partition coefficient (Wildman–Crippen LogP) is 0.896. The van der Waals surface area contributed by atoms with Gasteiger partial charge in [0.1, 0.15) is 0 Å². The molecule has 1 unspecified atom stereocenters. The van der Waals surface area contributed by atoms with Gasteiger partial charge in [0.05, 0.1) is 19.3 Å². The Morgan fingerprint density at radius 2 is 2.10 bits per heavy atom. The molecule has 0 radical (unpaired) electrons. The van der Waals surface area contributed by atoms with E-state index < -0.39 is 0 Å². The first-order valence-corrected chi connectivity index (χ1v) is 6.77. The van der Waals surface area contributed by atoms with Gasteiger partial charge >= 0.3 is 0 Å². The molecule has 0 amide bonds. The lowest BCUT2D eigenvalue weighted by Gasteiger charge is -2.31. The number of rotatable bonds is 4. The lowest BCUT2D eigenvalue weighted by molar-refractivity contribution is -0.0283. The monoisotopic (exact) mass is 274 g/mol. The summed E-state index contributed by atoms with van der Waals surface area (Å²) in [5.74, 6) is 1.19. The molecule has 20 heavy (non-hydrogen) atoms. The molecular weight excluding hydrogens is 256 g/mol. The molecule has 6 nitrogen and oxygen atoms in total. The summed E-state index contributed by atoms with van der Waals surface area (Å²) in [5, 5.41) is 8.20. The molecule has 0 saturated carbocycles. The Kier molecular flexibility index (Phi) is 4.05. The van der Waals surface area contributed by atoms with E-state index in [1.54, 1.807) is 0 Å². The molecule has 2 heterocycles. The quantitative estimate of drug-likeness (QED) is 0.892. The van der Waals surface area contributed by atoms with E-state index in [0.29, 0.717) is 31.5 Å². The summed E-state index contributed by atoms with van der Waals surface area (Å²) in [5.41, 5.74) is 6.57. The van der Waals surface area contributed by atoms with Crippen LogP contribution in [0.3, 0.4) is 0 Å². The van der Waals surface area contributed by atoms with Crippen molar-refractivity contribution in [2.24, 2.45) is 5.73 Å². The topological polar surface area (TPSA) is 77.4 Å². The molecule has 1 aromatic heterocycles. The van der Waals surface area contributed by atoms with Crippen LogP contribution in [0, 0.1) is 0 Å². The Labute approximate surface area is 117 Å². The molecule has 3 rings (SSSR count). The van der Waals surface area contributed by atoms with E-state index in [2.05, 4.69) is 15.1 Å². The zero-order valence-electron chi connectivity index (χ0n) is 11.2. The first-order chi connectivity index (χ1) is 9.85. The standard InChI is InChI=1S/C14H18N4O2/c15-8-12-9-18(6-7-19-12)10-13-16-17-14(20-13)11-4-2-1-3-5-11/h1-5,12H,6-10,15H2. The molecule has 0 aliphatic carbocycles. The second-order valence-corrected chi connectivity index (χ2v) is 4.83. The van der Waals surface area contributed by atoms with Crippen molar-refractivity contribution >= 4 is 0 Å². The Bertz CT molecular complexity index is 543. The molecule has 2 N–H and O–H groups in total. The average molecular weight is 274 g/mol. The summed E-state index contributed by atoms with van der Waals surface area (Å²) in [6.45, 7) is 3.54. The van der Waals surface area contributed by atoms with Crippen molar-refractivity contribution in [2.75, 3.05) is 26.2 Å². The van der Waals surface area contributed by atoms with Crippen molar-refractivity contribution in [3.05, 3.63) is 36.2 Å². The molecule has 0 bridgehead atoms. The van der Waals surface area contributed by atoms with Crippen molar-refractivity contribution in [2.45, 2.75) is 12.6 Å². The minimum atomic E-state index is 0.0975. The van der Waals surface area contributed by atoms with Gasteiger partial charge in [-0.15, -0.1) is 10.2 Å². The van der Waals surface area contributed by atoms with Gasteiger partial charge in [-0.05, 0) is 12.1 Å². The Hall–Kier alpha value is -1.76. The molecule has 106 valence electrons. The summed E-state index contributed by atoms with van der Waals surface area (Å²) in [6.07, 6.45) is 0.0975. The molecule has 2 aromatic rings. The Morgan fingerprint density at radius 1 is 1.25 bits per heavy atom. The number of nitrogens with zero attached hydrogens (tertiary/aromatic N) is 3. The Morgan fingerprint density at radius 3 is 2.90 bits per heavy atom. The van der Waals surface area contributed by atoms with Gasteiger partial charge in [0, 0.05) is 25.2 Å². The van der Waals surface area contributed by atoms with Gasteiger partial charge in [-0.3, -0.25) is 4.90 Å². The highest BCUT2D eigenvalue weighted by Crippen LogP contribution is 2.18. The molecule has 1 atom stereocenters. The van der Waals surface area contributed by atoms with Crippen LogP contribution < -0.4 is 5.73 Å². The summed E-state index contributed by atoms with van der Waals surface area (Å²) >= 11 is 0. The number of hydrogen-bond donors (Lipinski definition) is 1. The fourth-order valence-electron chi connectivity index (χ4n) is 2.27. The molecule has 1 aromatic carbocycles. The summed E-state index contributed by atoms with van der Waals surface area (Å²) in [7, 11) is 0. The van der Waals surface area contributed by atoms with Crippen molar-refractivity contribution in [3.8, 4) is 11.5 Å². The highest BCUT2D eigenvalue weighted by molar-refractivity contribution is 5.51. The highest BCUT2D eigenvalue weighted by atomic mass is 16.5. The van der Waals surface area contributed by atoms with Gasteiger partial charge in [0.2, 0.25) is 11.8 Å². The first-order valence-electron chi connectivity index (χ1n) is 6.77. The number of ether oxygens (including phenoxy) is 1. The lowest BCUT2D eigenvalue weighted by atomic mass is 10.2. The van der Waals surface area contributed by atoms with Crippen molar-refractivity contribution in [3.63, 3.8) is 0 Å². The lowest BCUT2D eigenvalue weighted by Crippen LogP contribution is -2.45. The smallest absolute Gasteiger partial charge is 0.247 e. The average Bonchev–Trinajstić information content (AvgIpc) is 2.97. The fourth-order valence-corrected chi connectivity index (χ4v) is 2.27. The number of aromatic nitrogens is 2. The fraction of sp³-hybridized carbons (Fsp3) is 0.429. The molecule has 1 aliphatic heterocycles. The van der Waals surface area contributed by atoms with Gasteiger partial charge in [0.25, 0.3) is 0 Å². The maximum Gasteiger partial charge on any atom is 0.247 e. The summed E-state index contributed by atoms with van der Waals surface area (Å²) in [4.78, 5) is 2.23. The maximum atomic E-state index is 5.71. The molecule has 1 aliphatic rings. The van der Waals surface area contributed by atoms with Crippen LogP contribution in [-0.4, -0.2) is 47.4 Å². The number of benzene rings is 1. The van der Waals surface area contributed by atoms with Crippen LogP contribution >= 0.6 is 0 Å². The minimum absolute atomic E-state index is 0.0975. The van der Waals surface area contributed by atoms with E-state index in [-0.39, 0.29) is 6.10 Å². The number of morpholine rings is 1. The van der Waals surface area contributed by atoms with Crippen molar-refractivity contribution in [1.29, 1.82) is 0 Å². The minimum Gasteiger partial charge on any atom is -0.419 e. The zero-order chi connectivity index (χ0) is 13.8. The van der Waals surface area contributed by atoms with E-state index in [9.17, 15) is 0 Å². The van der Waals surface area contributed by atoms with E-state index >= 15 is 0 Å². The molecule has 6 heteroatoms. The van der Waals surface area contributed by atoms with Crippen LogP contribution in [0.15, 0.2) is 34.7 Å². The van der Waals surface area contributed by atoms with Crippen molar-refractivity contribution < 1.29 is 9.15 Å². The summed E-state index contributed by atoms with van der Waals surface area (Å²) < 4.78 is 11.2. The number of hydrogen-bond acceptors (Lipinski definition) is 6. The van der Waals surface area contributed by atoms with Crippen LogP contribution in [0.2, 0.25) is 0 Å². The Balaban J connectivity index is 1.65. The number of nitrogens with two attached hydrogens (primary N) is 1. The SMILES string of the molecule is NCC1CN(Cc2nnc(-c3ccccc3)o2)CCO1. The third-order valence-electron chi connectivity index (χ3n) is 3.33. The third kappa shape index (κ3) is 3.04. The van der Waals surface area contributed by atoms with Gasteiger partial charge in [-0.1, -0.05) is 18.2 Å². The van der Waals surface area contributed by atoms with Gasteiger partial charge in [0.15, 0.2) is 0 Å². The third-order valence-corrected chi connectivity index (χ3v) is 3.33. The van der Waals surface area contributed by atoms with E-state index in [1.807, 2.05) is 30.3 Å². The van der Waals surface area contributed by atoms with Crippen LogP contribution in [0.1, 0.15) is 5.89 Å². The van der Waals surface area contributed by atoms with E-state index in [1.165, 1.54) is 0 Å². The van der Waals surface area contributed by atoms with Crippen LogP contribution in [0.25, 0.3) is 11.5 Å². The second kappa shape index (κ2) is 6.13. The van der Waals surface area contributed by atoms with E-state index in [4.69, 9.17) is 14.9 Å². The molecular formula is C14H18N4O2.